The molecule has 4 nitrogen and oxygen atoms in total. The Balaban J connectivity index is 3.06. The average molecular weight is 251 g/mol. The molecule has 0 aliphatic rings. The van der Waals surface area contributed by atoms with E-state index in [2.05, 4.69) is 0 Å². The lowest BCUT2D eigenvalue weighted by Crippen LogP contribution is -2.14. The first kappa shape index (κ1) is 13.4. The van der Waals surface area contributed by atoms with Crippen molar-refractivity contribution < 1.29 is 13.2 Å². The van der Waals surface area contributed by atoms with Gasteiger partial charge in [-0.15, -0.1) is 0 Å². The molecule has 5 heteroatoms. The van der Waals surface area contributed by atoms with Crippen LogP contribution in [0.3, 0.4) is 0 Å². The third-order valence-corrected chi connectivity index (χ3v) is 4.54. The molecule has 0 fully saturated rings. The maximum absolute atomic E-state index is 11.8. The summed E-state index contributed by atoms with van der Waals surface area (Å²) < 4.78 is 23.6. The van der Waals surface area contributed by atoms with Crippen molar-refractivity contribution in [3.05, 3.63) is 29.8 Å². The molecule has 1 aromatic rings. The molecule has 0 N–H and O–H groups in total. The molecule has 0 radical (unpaired) electrons. The van der Waals surface area contributed by atoms with Gasteiger partial charge in [-0.3, -0.25) is 4.79 Å². The highest BCUT2D eigenvalue weighted by atomic mass is 32.2. The first-order valence-electron chi connectivity index (χ1n) is 5.13. The first-order valence-corrected chi connectivity index (χ1v) is 6.68. The second-order valence-electron chi connectivity index (χ2n) is 3.88. The van der Waals surface area contributed by atoms with Crippen molar-refractivity contribution in [3.63, 3.8) is 0 Å². The second-order valence-corrected chi connectivity index (χ2v) is 6.38. The first-order chi connectivity index (χ1) is 7.89. The van der Waals surface area contributed by atoms with E-state index in [4.69, 9.17) is 5.26 Å². The van der Waals surface area contributed by atoms with Gasteiger partial charge in [0.25, 0.3) is 0 Å². The minimum Gasteiger partial charge on any atom is -0.293 e. The number of sulfone groups is 1. The fourth-order valence-electron chi connectivity index (χ4n) is 1.28. The number of benzene rings is 1. The summed E-state index contributed by atoms with van der Waals surface area (Å²) in [5, 5.41) is 7.89. The summed E-state index contributed by atoms with van der Waals surface area (Å²) >= 11 is 0. The van der Waals surface area contributed by atoms with Crippen molar-refractivity contribution in [1.29, 1.82) is 5.26 Å². The van der Waals surface area contributed by atoms with Crippen molar-refractivity contribution >= 4 is 15.6 Å². The Kier molecular flexibility index (Phi) is 4.02. The molecule has 0 amide bonds. The van der Waals surface area contributed by atoms with Crippen LogP contribution < -0.4 is 0 Å². The van der Waals surface area contributed by atoms with Crippen LogP contribution in [0.2, 0.25) is 0 Å². The molecule has 0 unspecified atom stereocenters. The number of Topliss-reactive ketones (excluding diaryl/α,β-unsaturated/α-hetero) is 1. The summed E-state index contributed by atoms with van der Waals surface area (Å²) in [5.41, 5.74) is 0.356. The van der Waals surface area contributed by atoms with Crippen molar-refractivity contribution in [3.8, 4) is 6.07 Å². The van der Waals surface area contributed by atoms with Gasteiger partial charge in [-0.1, -0.05) is 12.1 Å². The molecule has 0 aromatic heterocycles. The van der Waals surface area contributed by atoms with Crippen LogP contribution in [0.1, 0.15) is 30.6 Å². The Hall–Kier alpha value is -1.67. The van der Waals surface area contributed by atoms with Gasteiger partial charge >= 0.3 is 0 Å². The molecule has 0 saturated carbocycles. The van der Waals surface area contributed by atoms with E-state index in [-0.39, 0.29) is 17.1 Å². The van der Waals surface area contributed by atoms with Crippen LogP contribution in [0.15, 0.2) is 29.2 Å². The maximum Gasteiger partial charge on any atom is 0.180 e. The smallest absolute Gasteiger partial charge is 0.180 e. The summed E-state index contributed by atoms with van der Waals surface area (Å²) in [4.78, 5) is 11.6. The quantitative estimate of drug-likeness (QED) is 0.767. The van der Waals surface area contributed by atoms with Gasteiger partial charge in [0.1, 0.15) is 0 Å². The van der Waals surface area contributed by atoms with Crippen LogP contribution in [-0.4, -0.2) is 19.5 Å². The second kappa shape index (κ2) is 5.11. The van der Waals surface area contributed by atoms with E-state index in [9.17, 15) is 13.2 Å². The van der Waals surface area contributed by atoms with E-state index >= 15 is 0 Å². The SMILES string of the molecule is CC(C)S(=O)(=O)c1ccc(C(=O)CC#N)cc1. The van der Waals surface area contributed by atoms with Gasteiger partial charge in [0, 0.05) is 5.56 Å². The van der Waals surface area contributed by atoms with E-state index in [1.165, 1.54) is 24.3 Å². The number of hydrogen-bond donors (Lipinski definition) is 0. The summed E-state index contributed by atoms with van der Waals surface area (Å²) in [6.45, 7) is 3.20. The fourth-order valence-corrected chi connectivity index (χ4v) is 2.34. The highest BCUT2D eigenvalue weighted by molar-refractivity contribution is 7.92. The molecule has 0 heterocycles. The number of ketones is 1. The van der Waals surface area contributed by atoms with Crippen LogP contribution in [0.4, 0.5) is 0 Å². The normalized spacial score (nSPS) is 11.2. The molecule has 0 aliphatic heterocycles. The van der Waals surface area contributed by atoms with Crippen LogP contribution in [-0.2, 0) is 9.84 Å². The van der Waals surface area contributed by atoms with Gasteiger partial charge in [-0.05, 0) is 26.0 Å². The molecule has 0 aliphatic carbocycles. The lowest BCUT2D eigenvalue weighted by Gasteiger charge is -2.07. The minimum absolute atomic E-state index is 0.195. The molecule has 1 aromatic carbocycles. The molecule has 0 atom stereocenters. The van der Waals surface area contributed by atoms with Crippen molar-refractivity contribution in [2.24, 2.45) is 0 Å². The van der Waals surface area contributed by atoms with Crippen molar-refractivity contribution in [2.45, 2.75) is 30.4 Å². The monoisotopic (exact) mass is 251 g/mol. The Morgan fingerprint density at radius 1 is 1.29 bits per heavy atom. The van der Waals surface area contributed by atoms with Crippen molar-refractivity contribution in [2.75, 3.05) is 0 Å². The highest BCUT2D eigenvalue weighted by Crippen LogP contribution is 2.17. The molecular weight excluding hydrogens is 238 g/mol. The lowest BCUT2D eigenvalue weighted by atomic mass is 10.1. The average Bonchev–Trinajstić information content (AvgIpc) is 2.29. The predicted molar refractivity (Wildman–Crippen MR) is 63.3 cm³/mol. The van der Waals surface area contributed by atoms with Gasteiger partial charge in [-0.25, -0.2) is 8.42 Å². The topological polar surface area (TPSA) is 75.0 Å². The molecule has 17 heavy (non-hydrogen) atoms. The Morgan fingerprint density at radius 2 is 1.82 bits per heavy atom. The van der Waals surface area contributed by atoms with Gasteiger partial charge in [0.05, 0.1) is 22.6 Å². The third kappa shape index (κ3) is 2.92. The fraction of sp³-hybridized carbons (Fsp3) is 0.333. The molecule has 1 rings (SSSR count). The molecule has 0 saturated heterocycles. The van der Waals surface area contributed by atoms with Gasteiger partial charge < -0.3 is 0 Å². The summed E-state index contributed by atoms with van der Waals surface area (Å²) in [6, 6.07) is 7.45. The predicted octanol–water partition coefficient (Wildman–Crippen LogP) is 1.97. The highest BCUT2D eigenvalue weighted by Gasteiger charge is 2.19. The van der Waals surface area contributed by atoms with Crippen LogP contribution in [0.25, 0.3) is 0 Å². The molecule has 90 valence electrons. The molecular formula is C12H13NO3S. The van der Waals surface area contributed by atoms with Gasteiger partial charge in [0.2, 0.25) is 0 Å². The summed E-state index contributed by atoms with van der Waals surface area (Å²) in [6.07, 6.45) is -0.198. The Labute approximate surface area is 101 Å². The van der Waals surface area contributed by atoms with E-state index in [0.717, 1.165) is 0 Å². The Bertz CT molecular complexity index is 550. The van der Waals surface area contributed by atoms with Crippen LogP contribution >= 0.6 is 0 Å². The number of hydrogen-bond acceptors (Lipinski definition) is 4. The van der Waals surface area contributed by atoms with Crippen LogP contribution in [0.5, 0.6) is 0 Å². The number of nitriles is 1. The minimum atomic E-state index is -3.31. The number of rotatable bonds is 4. The Morgan fingerprint density at radius 3 is 2.24 bits per heavy atom. The zero-order valence-electron chi connectivity index (χ0n) is 9.67. The maximum atomic E-state index is 11.8. The number of carbonyl (C=O) groups is 1. The third-order valence-electron chi connectivity index (χ3n) is 2.37. The van der Waals surface area contributed by atoms with E-state index in [0.29, 0.717) is 5.56 Å². The number of nitrogens with zero attached hydrogens (tertiary/aromatic N) is 1. The summed E-state index contributed by atoms with van der Waals surface area (Å²) in [7, 11) is -3.31. The van der Waals surface area contributed by atoms with E-state index in [1.54, 1.807) is 19.9 Å². The van der Waals surface area contributed by atoms with Gasteiger partial charge in [0.15, 0.2) is 15.6 Å². The molecule has 0 spiro atoms. The standard InChI is InChI=1S/C12H13NO3S/c1-9(2)17(15,16)11-5-3-10(4-6-11)12(14)7-8-13/h3-6,9H,7H2,1-2H3. The van der Waals surface area contributed by atoms with E-state index < -0.39 is 15.1 Å². The zero-order valence-corrected chi connectivity index (χ0v) is 10.5. The number of carbonyl (C=O) groups excluding carboxylic acids is 1. The largest absolute Gasteiger partial charge is 0.293 e. The molecule has 0 bridgehead atoms. The van der Waals surface area contributed by atoms with E-state index in [1.807, 2.05) is 0 Å². The zero-order chi connectivity index (χ0) is 13.1. The summed E-state index contributed by atoms with van der Waals surface area (Å²) in [5.74, 6) is -0.305. The lowest BCUT2D eigenvalue weighted by molar-refractivity contribution is 0.0997. The van der Waals surface area contributed by atoms with Crippen molar-refractivity contribution in [1.82, 2.24) is 0 Å². The van der Waals surface area contributed by atoms with Crippen LogP contribution in [0, 0.1) is 11.3 Å². The van der Waals surface area contributed by atoms with Gasteiger partial charge in [-0.2, -0.15) is 5.26 Å².